The van der Waals surface area contributed by atoms with E-state index in [2.05, 4.69) is 5.32 Å². The number of ether oxygens (including phenoxy) is 2. The summed E-state index contributed by atoms with van der Waals surface area (Å²) in [6.45, 7) is 1.52. The SMILES string of the molecule is COc1ccc(NC2(CO)CCOCC2)cc1. The van der Waals surface area contributed by atoms with Crippen LogP contribution in [-0.4, -0.2) is 37.6 Å². The van der Waals surface area contributed by atoms with E-state index in [1.165, 1.54) is 0 Å². The van der Waals surface area contributed by atoms with Gasteiger partial charge in [-0.15, -0.1) is 0 Å². The van der Waals surface area contributed by atoms with Gasteiger partial charge in [-0.3, -0.25) is 0 Å². The lowest BCUT2D eigenvalue weighted by molar-refractivity contribution is 0.0380. The zero-order valence-electron chi connectivity index (χ0n) is 10.1. The maximum atomic E-state index is 9.56. The molecule has 1 heterocycles. The number of hydrogen-bond acceptors (Lipinski definition) is 4. The number of methoxy groups -OCH3 is 1. The first-order chi connectivity index (χ1) is 8.28. The summed E-state index contributed by atoms with van der Waals surface area (Å²) >= 11 is 0. The van der Waals surface area contributed by atoms with Crippen molar-refractivity contribution in [3.05, 3.63) is 24.3 Å². The van der Waals surface area contributed by atoms with E-state index in [-0.39, 0.29) is 12.1 Å². The van der Waals surface area contributed by atoms with Crippen LogP contribution in [0.5, 0.6) is 5.75 Å². The molecule has 0 bridgehead atoms. The van der Waals surface area contributed by atoms with Crippen LogP contribution in [0.2, 0.25) is 0 Å². The van der Waals surface area contributed by atoms with Crippen LogP contribution in [0.15, 0.2) is 24.3 Å². The monoisotopic (exact) mass is 237 g/mol. The van der Waals surface area contributed by atoms with E-state index in [0.717, 1.165) is 24.3 Å². The highest BCUT2D eigenvalue weighted by atomic mass is 16.5. The molecule has 0 amide bonds. The molecule has 0 unspecified atom stereocenters. The van der Waals surface area contributed by atoms with Gasteiger partial charge in [-0.1, -0.05) is 0 Å². The summed E-state index contributed by atoms with van der Waals surface area (Å²) in [7, 11) is 1.65. The molecule has 0 radical (unpaired) electrons. The van der Waals surface area contributed by atoms with Crippen LogP contribution in [-0.2, 0) is 4.74 Å². The second-order valence-corrected chi connectivity index (χ2v) is 4.40. The molecule has 4 heteroatoms. The molecule has 2 rings (SSSR count). The van der Waals surface area contributed by atoms with Gasteiger partial charge in [-0.05, 0) is 37.1 Å². The van der Waals surface area contributed by atoms with Crippen LogP contribution in [0.3, 0.4) is 0 Å². The number of anilines is 1. The highest BCUT2D eigenvalue weighted by Crippen LogP contribution is 2.26. The molecule has 2 N–H and O–H groups in total. The number of nitrogens with one attached hydrogen (secondary N) is 1. The summed E-state index contributed by atoms with van der Waals surface area (Å²) in [5.41, 5.74) is 0.758. The molecule has 0 atom stereocenters. The smallest absolute Gasteiger partial charge is 0.119 e. The number of rotatable bonds is 4. The molecule has 1 aliphatic heterocycles. The fourth-order valence-electron chi connectivity index (χ4n) is 2.07. The maximum Gasteiger partial charge on any atom is 0.119 e. The second kappa shape index (κ2) is 5.38. The van der Waals surface area contributed by atoms with E-state index in [9.17, 15) is 5.11 Å². The molecule has 0 aliphatic carbocycles. The minimum Gasteiger partial charge on any atom is -0.497 e. The van der Waals surface area contributed by atoms with Crippen LogP contribution in [0.4, 0.5) is 5.69 Å². The summed E-state index contributed by atoms with van der Waals surface area (Å²) < 4.78 is 10.4. The Morgan fingerprint density at radius 3 is 2.47 bits per heavy atom. The highest BCUT2D eigenvalue weighted by Gasteiger charge is 2.31. The van der Waals surface area contributed by atoms with E-state index in [1.54, 1.807) is 7.11 Å². The largest absolute Gasteiger partial charge is 0.497 e. The minimum absolute atomic E-state index is 0.127. The Balaban J connectivity index is 2.06. The average Bonchev–Trinajstić information content (AvgIpc) is 2.41. The standard InChI is InChI=1S/C13H19NO3/c1-16-12-4-2-11(3-5-12)14-13(10-15)6-8-17-9-7-13/h2-5,14-15H,6-10H2,1H3. The third-order valence-electron chi connectivity index (χ3n) is 3.25. The topological polar surface area (TPSA) is 50.7 Å². The normalized spacial score (nSPS) is 18.7. The first-order valence-corrected chi connectivity index (χ1v) is 5.89. The Kier molecular flexibility index (Phi) is 3.86. The molecule has 4 nitrogen and oxygen atoms in total. The molecule has 1 saturated heterocycles. The number of benzene rings is 1. The molecule has 1 aromatic carbocycles. The molecular formula is C13H19NO3. The quantitative estimate of drug-likeness (QED) is 0.836. The Labute approximate surface area is 102 Å². The predicted molar refractivity (Wildman–Crippen MR) is 66.5 cm³/mol. The third kappa shape index (κ3) is 2.90. The van der Waals surface area contributed by atoms with Gasteiger partial charge in [0.25, 0.3) is 0 Å². The van der Waals surface area contributed by atoms with Gasteiger partial charge in [0.05, 0.1) is 19.3 Å². The summed E-state index contributed by atoms with van der Waals surface area (Å²) in [4.78, 5) is 0. The van der Waals surface area contributed by atoms with Gasteiger partial charge in [0, 0.05) is 18.9 Å². The van der Waals surface area contributed by atoms with Gasteiger partial charge in [0.15, 0.2) is 0 Å². The van der Waals surface area contributed by atoms with Crippen molar-refractivity contribution in [3.8, 4) is 5.75 Å². The van der Waals surface area contributed by atoms with Gasteiger partial charge >= 0.3 is 0 Å². The number of hydrogen-bond donors (Lipinski definition) is 2. The van der Waals surface area contributed by atoms with Crippen molar-refractivity contribution in [2.45, 2.75) is 18.4 Å². The van der Waals surface area contributed by atoms with E-state index >= 15 is 0 Å². The first-order valence-electron chi connectivity index (χ1n) is 5.89. The lowest BCUT2D eigenvalue weighted by Crippen LogP contribution is -2.46. The molecule has 1 fully saturated rings. The van der Waals surface area contributed by atoms with Gasteiger partial charge in [-0.25, -0.2) is 0 Å². The van der Waals surface area contributed by atoms with E-state index in [4.69, 9.17) is 9.47 Å². The predicted octanol–water partition coefficient (Wildman–Crippen LogP) is 1.65. The van der Waals surface area contributed by atoms with Gasteiger partial charge in [0.1, 0.15) is 5.75 Å². The minimum atomic E-state index is -0.243. The van der Waals surface area contributed by atoms with Crippen molar-refractivity contribution in [2.75, 3.05) is 32.2 Å². The zero-order chi connectivity index (χ0) is 12.1. The van der Waals surface area contributed by atoms with Crippen molar-refractivity contribution in [1.82, 2.24) is 0 Å². The maximum absolute atomic E-state index is 9.56. The third-order valence-corrected chi connectivity index (χ3v) is 3.25. The molecular weight excluding hydrogens is 218 g/mol. The fraction of sp³-hybridized carbons (Fsp3) is 0.538. The summed E-state index contributed by atoms with van der Waals surface area (Å²) in [6, 6.07) is 7.75. The second-order valence-electron chi connectivity index (χ2n) is 4.40. The highest BCUT2D eigenvalue weighted by molar-refractivity contribution is 5.48. The zero-order valence-corrected chi connectivity index (χ0v) is 10.1. The molecule has 1 aliphatic rings. The van der Waals surface area contributed by atoms with Crippen LogP contribution in [0, 0.1) is 0 Å². The van der Waals surface area contributed by atoms with E-state index in [0.29, 0.717) is 13.2 Å². The van der Waals surface area contributed by atoms with Crippen LogP contribution < -0.4 is 10.1 Å². The van der Waals surface area contributed by atoms with Crippen molar-refractivity contribution in [2.24, 2.45) is 0 Å². The average molecular weight is 237 g/mol. The summed E-state index contributed by atoms with van der Waals surface area (Å²) in [6.07, 6.45) is 1.66. The Morgan fingerprint density at radius 1 is 1.29 bits per heavy atom. The molecule has 1 aromatic rings. The summed E-state index contributed by atoms with van der Waals surface area (Å²) in [5, 5.41) is 13.0. The van der Waals surface area contributed by atoms with Crippen LogP contribution in [0.25, 0.3) is 0 Å². The van der Waals surface area contributed by atoms with Crippen molar-refractivity contribution in [3.63, 3.8) is 0 Å². The van der Waals surface area contributed by atoms with Crippen LogP contribution >= 0.6 is 0 Å². The molecule has 17 heavy (non-hydrogen) atoms. The fourth-order valence-corrected chi connectivity index (χ4v) is 2.07. The van der Waals surface area contributed by atoms with Crippen LogP contribution in [0.1, 0.15) is 12.8 Å². The molecule has 94 valence electrons. The Hall–Kier alpha value is -1.26. The van der Waals surface area contributed by atoms with Crippen molar-refractivity contribution >= 4 is 5.69 Å². The van der Waals surface area contributed by atoms with Gasteiger partial charge < -0.3 is 19.9 Å². The summed E-state index contributed by atoms with van der Waals surface area (Å²) in [5.74, 6) is 0.834. The molecule has 0 aromatic heterocycles. The van der Waals surface area contributed by atoms with E-state index < -0.39 is 0 Å². The molecule has 0 spiro atoms. The Bertz CT molecular complexity index is 344. The van der Waals surface area contributed by atoms with Crippen molar-refractivity contribution < 1.29 is 14.6 Å². The lowest BCUT2D eigenvalue weighted by atomic mass is 9.90. The van der Waals surface area contributed by atoms with Crippen molar-refractivity contribution in [1.29, 1.82) is 0 Å². The Morgan fingerprint density at radius 2 is 1.94 bits per heavy atom. The first kappa shape index (κ1) is 12.2. The van der Waals surface area contributed by atoms with Gasteiger partial charge in [0.2, 0.25) is 0 Å². The number of aliphatic hydroxyl groups is 1. The number of aliphatic hydroxyl groups excluding tert-OH is 1. The van der Waals surface area contributed by atoms with E-state index in [1.807, 2.05) is 24.3 Å². The van der Waals surface area contributed by atoms with Gasteiger partial charge in [-0.2, -0.15) is 0 Å². The lowest BCUT2D eigenvalue weighted by Gasteiger charge is -2.37. The molecule has 0 saturated carbocycles.